The average molecular weight is 420 g/mol. The topological polar surface area (TPSA) is 81.3 Å². The van der Waals surface area contributed by atoms with Gasteiger partial charge < -0.3 is 5.32 Å². The number of carbonyl (C=O) groups excluding carboxylic acids is 1. The van der Waals surface area contributed by atoms with Crippen LogP contribution in [0, 0.1) is 13.8 Å². The number of aromatic nitrogens is 4. The molecule has 4 aromatic rings. The van der Waals surface area contributed by atoms with Crippen molar-refractivity contribution in [2.24, 2.45) is 0 Å². The molecule has 0 spiro atoms. The minimum absolute atomic E-state index is 0.152. The molecule has 0 aliphatic rings. The molecule has 0 aliphatic carbocycles. The van der Waals surface area contributed by atoms with Crippen molar-refractivity contribution in [2.45, 2.75) is 36.9 Å². The summed E-state index contributed by atoms with van der Waals surface area (Å²) >= 11 is 1.45. The lowest BCUT2D eigenvalue weighted by atomic mass is 10.2. The van der Waals surface area contributed by atoms with Gasteiger partial charge in [0.2, 0.25) is 5.91 Å². The molecule has 0 radical (unpaired) electrons. The maximum Gasteiger partial charge on any atom is 0.350 e. The number of nitrogens with one attached hydrogen (secondary N) is 1. The molecule has 7 nitrogen and oxygen atoms in total. The van der Waals surface area contributed by atoms with Crippen LogP contribution in [0.2, 0.25) is 0 Å². The maximum atomic E-state index is 12.7. The number of amides is 1. The van der Waals surface area contributed by atoms with Crippen LogP contribution in [-0.2, 0) is 17.9 Å². The van der Waals surface area contributed by atoms with Crippen molar-refractivity contribution in [3.63, 3.8) is 0 Å². The SMILES string of the molecule is Cc1ccc(Sc2nccn3c(=O)n(CC(=O)NCc4ccccc4)nc23)c(C)c1. The first-order valence-electron chi connectivity index (χ1n) is 9.51. The number of aryl methyl sites for hydroxylation is 2. The fourth-order valence-electron chi connectivity index (χ4n) is 3.11. The monoisotopic (exact) mass is 419 g/mol. The number of benzene rings is 2. The Morgan fingerprint density at radius 1 is 1.13 bits per heavy atom. The van der Waals surface area contributed by atoms with Crippen molar-refractivity contribution >= 4 is 23.3 Å². The molecule has 0 bridgehead atoms. The molecule has 0 aliphatic heterocycles. The van der Waals surface area contributed by atoms with Crippen LogP contribution in [-0.4, -0.2) is 25.1 Å². The summed E-state index contributed by atoms with van der Waals surface area (Å²) in [6.45, 7) is 4.33. The summed E-state index contributed by atoms with van der Waals surface area (Å²) in [7, 11) is 0. The number of nitrogens with zero attached hydrogens (tertiary/aromatic N) is 4. The minimum atomic E-state index is -0.371. The standard InChI is InChI=1S/C22H21N5O2S/c1-15-8-9-18(16(2)12-15)30-21-20-25-27(22(29)26(20)11-10-23-21)14-19(28)24-13-17-6-4-3-5-7-17/h3-12H,13-14H2,1-2H3,(H,24,28). The molecule has 0 unspecified atom stereocenters. The Hall–Kier alpha value is -3.39. The molecule has 4 rings (SSSR count). The lowest BCUT2D eigenvalue weighted by molar-refractivity contribution is -0.122. The maximum absolute atomic E-state index is 12.7. The predicted octanol–water partition coefficient (Wildman–Crippen LogP) is 2.98. The first-order valence-corrected chi connectivity index (χ1v) is 10.3. The van der Waals surface area contributed by atoms with Crippen molar-refractivity contribution in [3.8, 4) is 0 Å². The van der Waals surface area contributed by atoms with Gasteiger partial charge in [-0.2, -0.15) is 0 Å². The summed E-state index contributed by atoms with van der Waals surface area (Å²) in [6, 6.07) is 15.8. The molecule has 1 N–H and O–H groups in total. The lowest BCUT2D eigenvalue weighted by Gasteiger charge is -2.06. The van der Waals surface area contributed by atoms with Crippen LogP contribution in [0.5, 0.6) is 0 Å². The molecule has 2 aromatic carbocycles. The Kier molecular flexibility index (Phi) is 5.67. The van der Waals surface area contributed by atoms with Crippen LogP contribution in [0.1, 0.15) is 16.7 Å². The molecule has 8 heteroatoms. The number of rotatable bonds is 6. The van der Waals surface area contributed by atoms with Gasteiger partial charge in [-0.05, 0) is 31.0 Å². The minimum Gasteiger partial charge on any atom is -0.350 e. The molecule has 0 saturated heterocycles. The highest BCUT2D eigenvalue weighted by Gasteiger charge is 2.15. The Morgan fingerprint density at radius 2 is 1.93 bits per heavy atom. The summed E-state index contributed by atoms with van der Waals surface area (Å²) in [5.41, 5.74) is 3.37. The highest BCUT2D eigenvalue weighted by atomic mass is 32.2. The second kappa shape index (κ2) is 8.54. The first kappa shape index (κ1) is 19.9. The van der Waals surface area contributed by atoms with E-state index in [0.717, 1.165) is 16.0 Å². The van der Waals surface area contributed by atoms with E-state index in [2.05, 4.69) is 21.5 Å². The van der Waals surface area contributed by atoms with E-state index < -0.39 is 0 Å². The quantitative estimate of drug-likeness (QED) is 0.520. The van der Waals surface area contributed by atoms with Crippen LogP contribution < -0.4 is 11.0 Å². The Balaban J connectivity index is 1.55. The van der Waals surface area contributed by atoms with Gasteiger partial charge in [0.1, 0.15) is 11.6 Å². The third kappa shape index (κ3) is 4.28. The van der Waals surface area contributed by atoms with E-state index in [1.54, 1.807) is 12.4 Å². The fraction of sp³-hybridized carbons (Fsp3) is 0.182. The third-order valence-corrected chi connectivity index (χ3v) is 5.79. The summed E-state index contributed by atoms with van der Waals surface area (Å²) in [6.07, 6.45) is 3.14. The molecule has 1 amide bonds. The van der Waals surface area contributed by atoms with Crippen molar-refractivity contribution in [2.75, 3.05) is 0 Å². The zero-order chi connectivity index (χ0) is 21.1. The van der Waals surface area contributed by atoms with E-state index in [1.165, 1.54) is 26.4 Å². The van der Waals surface area contributed by atoms with Gasteiger partial charge in [-0.3, -0.25) is 4.79 Å². The second-order valence-electron chi connectivity index (χ2n) is 7.00. The lowest BCUT2D eigenvalue weighted by Crippen LogP contribution is -2.32. The largest absolute Gasteiger partial charge is 0.350 e. The van der Waals surface area contributed by atoms with Crippen molar-refractivity contribution in [1.29, 1.82) is 0 Å². The van der Waals surface area contributed by atoms with Crippen LogP contribution >= 0.6 is 11.8 Å². The van der Waals surface area contributed by atoms with Crippen molar-refractivity contribution in [1.82, 2.24) is 24.5 Å². The van der Waals surface area contributed by atoms with Gasteiger partial charge in [0.05, 0.1) is 0 Å². The molecular weight excluding hydrogens is 398 g/mol. The molecule has 0 atom stereocenters. The molecule has 152 valence electrons. The van der Waals surface area contributed by atoms with Crippen LogP contribution in [0.15, 0.2) is 75.6 Å². The van der Waals surface area contributed by atoms with E-state index in [0.29, 0.717) is 17.2 Å². The number of hydrogen-bond donors (Lipinski definition) is 1. The highest BCUT2D eigenvalue weighted by Crippen LogP contribution is 2.30. The third-order valence-electron chi connectivity index (χ3n) is 4.63. The van der Waals surface area contributed by atoms with Gasteiger partial charge in [-0.15, -0.1) is 5.10 Å². The summed E-state index contributed by atoms with van der Waals surface area (Å²) in [5.74, 6) is -0.277. The van der Waals surface area contributed by atoms with Gasteiger partial charge in [0, 0.05) is 23.8 Å². The van der Waals surface area contributed by atoms with Crippen LogP contribution in [0.25, 0.3) is 5.65 Å². The predicted molar refractivity (Wildman–Crippen MR) is 116 cm³/mol. The molecular formula is C22H21N5O2S. The van der Waals surface area contributed by atoms with Gasteiger partial charge in [0.25, 0.3) is 0 Å². The summed E-state index contributed by atoms with van der Waals surface area (Å²) in [4.78, 5) is 30.5. The Bertz CT molecular complexity index is 1260. The van der Waals surface area contributed by atoms with Crippen molar-refractivity contribution < 1.29 is 4.79 Å². The van der Waals surface area contributed by atoms with E-state index >= 15 is 0 Å². The molecule has 0 saturated carbocycles. The Labute approximate surface area is 177 Å². The Morgan fingerprint density at radius 3 is 2.70 bits per heavy atom. The first-order chi connectivity index (χ1) is 14.5. The van der Waals surface area contributed by atoms with Gasteiger partial charge >= 0.3 is 5.69 Å². The molecule has 30 heavy (non-hydrogen) atoms. The summed E-state index contributed by atoms with van der Waals surface area (Å²) < 4.78 is 2.59. The van der Waals surface area contributed by atoms with E-state index in [-0.39, 0.29) is 18.1 Å². The normalized spacial score (nSPS) is 11.0. The van der Waals surface area contributed by atoms with Gasteiger partial charge in [-0.1, -0.05) is 59.8 Å². The smallest absolute Gasteiger partial charge is 0.350 e. The molecule has 0 fully saturated rings. The van der Waals surface area contributed by atoms with Gasteiger partial charge in [0.15, 0.2) is 5.65 Å². The molecule has 2 aromatic heterocycles. The van der Waals surface area contributed by atoms with Gasteiger partial charge in [-0.25, -0.2) is 18.9 Å². The van der Waals surface area contributed by atoms with Crippen molar-refractivity contribution in [3.05, 3.63) is 88.1 Å². The van der Waals surface area contributed by atoms with E-state index in [4.69, 9.17) is 0 Å². The second-order valence-corrected chi connectivity index (χ2v) is 8.03. The number of hydrogen-bond acceptors (Lipinski definition) is 5. The van der Waals surface area contributed by atoms with E-state index in [1.807, 2.05) is 56.3 Å². The van der Waals surface area contributed by atoms with Crippen LogP contribution in [0.3, 0.4) is 0 Å². The number of fused-ring (bicyclic) bond motifs is 1. The zero-order valence-electron chi connectivity index (χ0n) is 16.7. The highest BCUT2D eigenvalue weighted by molar-refractivity contribution is 7.99. The van der Waals surface area contributed by atoms with Crippen LogP contribution in [0.4, 0.5) is 0 Å². The zero-order valence-corrected chi connectivity index (χ0v) is 17.5. The van der Waals surface area contributed by atoms with E-state index in [9.17, 15) is 9.59 Å². The fourth-order valence-corrected chi connectivity index (χ4v) is 4.02. The number of carbonyl (C=O) groups is 1. The molecule has 2 heterocycles. The summed E-state index contributed by atoms with van der Waals surface area (Å²) in [5, 5.41) is 7.81. The average Bonchev–Trinajstić information content (AvgIpc) is 3.06.